The van der Waals surface area contributed by atoms with Crippen LogP contribution in [0.1, 0.15) is 59.8 Å². The summed E-state index contributed by atoms with van der Waals surface area (Å²) in [4.78, 5) is 14.4. The Kier molecular flexibility index (Phi) is 11.5. The second-order valence-electron chi connectivity index (χ2n) is 6.59. The first-order valence-electron chi connectivity index (χ1n) is 10.0. The molecule has 0 saturated carbocycles. The first-order chi connectivity index (χ1) is 12.6. The second kappa shape index (κ2) is 13.5. The van der Waals surface area contributed by atoms with E-state index in [2.05, 4.69) is 31.0 Å². The van der Waals surface area contributed by atoms with Gasteiger partial charge in [-0.1, -0.05) is 58.6 Å². The van der Waals surface area contributed by atoms with Crippen LogP contribution in [0.15, 0.2) is 24.3 Å². The molecular weight excluding hydrogens is 328 g/mol. The summed E-state index contributed by atoms with van der Waals surface area (Å²) in [6.07, 6.45) is 5.35. The van der Waals surface area contributed by atoms with Gasteiger partial charge in [0.1, 0.15) is 11.9 Å². The van der Waals surface area contributed by atoms with Crippen LogP contribution in [0, 0.1) is 0 Å². The highest BCUT2D eigenvalue weighted by molar-refractivity contribution is 5.86. The van der Waals surface area contributed by atoms with E-state index in [1.807, 2.05) is 31.2 Å². The Labute approximate surface area is 159 Å². The van der Waals surface area contributed by atoms with E-state index in [1.54, 1.807) is 0 Å². The Bertz CT molecular complexity index is 504. The monoisotopic (exact) mass is 364 g/mol. The zero-order valence-corrected chi connectivity index (χ0v) is 16.9. The minimum absolute atomic E-state index is 0.165. The number of benzene rings is 1. The number of hydrogen-bond donors (Lipinski definition) is 1. The van der Waals surface area contributed by atoms with Gasteiger partial charge < -0.3 is 14.4 Å². The fraction of sp³-hybridized carbons (Fsp3) is 0.667. The van der Waals surface area contributed by atoms with Crippen LogP contribution in [0.5, 0.6) is 5.75 Å². The second-order valence-corrected chi connectivity index (χ2v) is 6.59. The predicted molar refractivity (Wildman–Crippen MR) is 108 cm³/mol. The molecule has 0 heterocycles. The van der Waals surface area contributed by atoms with Crippen molar-refractivity contribution in [2.24, 2.45) is 0 Å². The van der Waals surface area contributed by atoms with Crippen LogP contribution < -0.4 is 10.1 Å². The Balaban J connectivity index is 2.44. The molecule has 148 valence electrons. The van der Waals surface area contributed by atoms with Gasteiger partial charge in [-0.2, -0.15) is 0 Å². The van der Waals surface area contributed by atoms with Crippen molar-refractivity contribution >= 4 is 11.8 Å². The molecule has 0 radical (unpaired) electrons. The number of rotatable bonds is 13. The highest BCUT2D eigenvalue weighted by Gasteiger charge is 2.14. The van der Waals surface area contributed by atoms with E-state index >= 15 is 0 Å². The summed E-state index contributed by atoms with van der Waals surface area (Å²) in [6, 6.07) is 7.50. The van der Waals surface area contributed by atoms with Gasteiger partial charge in [-0.15, -0.1) is 0 Å². The van der Waals surface area contributed by atoms with Gasteiger partial charge in [0.25, 0.3) is 0 Å². The van der Waals surface area contributed by atoms with Gasteiger partial charge >= 0.3 is 6.09 Å². The lowest BCUT2D eigenvalue weighted by atomic mass is 10.2. The lowest BCUT2D eigenvalue weighted by Gasteiger charge is -2.23. The smallest absolute Gasteiger partial charge is 0.412 e. The van der Waals surface area contributed by atoms with Crippen LogP contribution >= 0.6 is 0 Å². The first-order valence-corrected chi connectivity index (χ1v) is 10.0. The van der Waals surface area contributed by atoms with E-state index in [1.165, 1.54) is 25.7 Å². The van der Waals surface area contributed by atoms with Crippen molar-refractivity contribution in [2.45, 2.75) is 65.9 Å². The van der Waals surface area contributed by atoms with Crippen molar-refractivity contribution in [3.8, 4) is 5.75 Å². The van der Waals surface area contributed by atoms with Crippen LogP contribution in [0.4, 0.5) is 10.5 Å². The number of ether oxygens (including phenoxy) is 2. The predicted octanol–water partition coefficient (Wildman–Crippen LogP) is 5.31. The first kappa shape index (κ1) is 22.3. The molecule has 5 nitrogen and oxygen atoms in total. The molecule has 1 amide bonds. The number of hydrogen-bond acceptors (Lipinski definition) is 4. The van der Waals surface area contributed by atoms with Crippen molar-refractivity contribution in [3.05, 3.63) is 24.3 Å². The van der Waals surface area contributed by atoms with Gasteiger partial charge in [0.05, 0.1) is 12.3 Å². The maximum Gasteiger partial charge on any atom is 0.412 e. The number of nitrogens with one attached hydrogen (secondary N) is 1. The lowest BCUT2D eigenvalue weighted by molar-refractivity contribution is 0.0928. The van der Waals surface area contributed by atoms with Gasteiger partial charge in [-0.25, -0.2) is 4.79 Å². The summed E-state index contributed by atoms with van der Waals surface area (Å²) in [5, 5.41) is 2.81. The lowest BCUT2D eigenvalue weighted by Crippen LogP contribution is -2.34. The molecule has 1 aromatic carbocycles. The number of likely N-dealkylation sites (N-methyl/N-ethyl adjacent to an activating group) is 1. The highest BCUT2D eigenvalue weighted by Crippen LogP contribution is 2.24. The molecule has 5 heteroatoms. The van der Waals surface area contributed by atoms with Crippen LogP contribution in [-0.4, -0.2) is 43.3 Å². The molecule has 0 fully saturated rings. The van der Waals surface area contributed by atoms with E-state index in [-0.39, 0.29) is 6.10 Å². The molecule has 1 aromatic rings. The quantitative estimate of drug-likeness (QED) is 0.482. The molecule has 0 saturated heterocycles. The normalized spacial score (nSPS) is 12.0. The average Bonchev–Trinajstić information content (AvgIpc) is 2.63. The number of carbonyl (C=O) groups is 1. The Hall–Kier alpha value is -1.75. The topological polar surface area (TPSA) is 50.8 Å². The van der Waals surface area contributed by atoms with Crippen molar-refractivity contribution in [1.29, 1.82) is 0 Å². The fourth-order valence-corrected chi connectivity index (χ4v) is 2.79. The molecule has 0 bridgehead atoms. The molecule has 1 rings (SSSR count). The third kappa shape index (κ3) is 9.09. The van der Waals surface area contributed by atoms with Gasteiger partial charge in [0, 0.05) is 6.54 Å². The number of unbranched alkanes of at least 4 members (excludes halogenated alkanes) is 4. The van der Waals surface area contributed by atoms with E-state index in [9.17, 15) is 4.79 Å². The maximum atomic E-state index is 12.2. The van der Waals surface area contributed by atoms with Gasteiger partial charge in [-0.3, -0.25) is 5.32 Å². The third-order valence-electron chi connectivity index (χ3n) is 4.35. The number of para-hydroxylation sites is 2. The highest BCUT2D eigenvalue weighted by atomic mass is 16.6. The molecule has 0 aromatic heterocycles. The Morgan fingerprint density at radius 1 is 1.08 bits per heavy atom. The summed E-state index contributed by atoms with van der Waals surface area (Å²) in [5.41, 5.74) is 0.654. The fourth-order valence-electron chi connectivity index (χ4n) is 2.79. The van der Waals surface area contributed by atoms with E-state index < -0.39 is 6.09 Å². The molecule has 1 N–H and O–H groups in total. The van der Waals surface area contributed by atoms with Crippen molar-refractivity contribution in [1.82, 2.24) is 4.90 Å². The number of carbonyl (C=O) groups excluding carboxylic acids is 1. The molecule has 0 unspecified atom stereocenters. The largest absolute Gasteiger partial charge is 0.491 e. The zero-order chi connectivity index (χ0) is 19.2. The van der Waals surface area contributed by atoms with Crippen LogP contribution in [-0.2, 0) is 4.74 Å². The maximum absolute atomic E-state index is 12.2. The minimum atomic E-state index is -0.441. The van der Waals surface area contributed by atoms with E-state index in [0.717, 1.165) is 26.1 Å². The summed E-state index contributed by atoms with van der Waals surface area (Å²) < 4.78 is 11.3. The summed E-state index contributed by atoms with van der Waals surface area (Å²) in [6.45, 7) is 11.6. The summed E-state index contributed by atoms with van der Waals surface area (Å²) >= 11 is 0. The molecule has 0 aliphatic carbocycles. The van der Waals surface area contributed by atoms with Crippen molar-refractivity contribution in [3.63, 3.8) is 0 Å². The van der Waals surface area contributed by atoms with E-state index in [0.29, 0.717) is 18.0 Å². The number of amides is 1. The minimum Gasteiger partial charge on any atom is -0.491 e. The molecule has 26 heavy (non-hydrogen) atoms. The number of anilines is 1. The van der Waals surface area contributed by atoms with Gasteiger partial charge in [0.2, 0.25) is 0 Å². The summed E-state index contributed by atoms with van der Waals surface area (Å²) in [7, 11) is 0. The molecule has 0 aliphatic heterocycles. The van der Waals surface area contributed by atoms with Crippen molar-refractivity contribution < 1.29 is 14.3 Å². The standard InChI is InChI=1S/C21H36N2O3/c1-5-8-9-10-13-16-25-20-15-12-11-14-19(20)22-21(24)26-18(4)17-23(6-2)7-3/h11-12,14-15,18H,5-10,13,16-17H2,1-4H3,(H,22,24)/t18-/m1/s1. The Morgan fingerprint density at radius 3 is 2.46 bits per heavy atom. The van der Waals surface area contributed by atoms with Crippen LogP contribution in [0.2, 0.25) is 0 Å². The van der Waals surface area contributed by atoms with Crippen LogP contribution in [0.3, 0.4) is 0 Å². The molecule has 1 atom stereocenters. The molecule has 0 spiro atoms. The third-order valence-corrected chi connectivity index (χ3v) is 4.35. The number of nitrogens with zero attached hydrogens (tertiary/aromatic N) is 1. The van der Waals surface area contributed by atoms with Crippen molar-refractivity contribution in [2.75, 3.05) is 31.6 Å². The molecular formula is C21H36N2O3. The molecule has 0 aliphatic rings. The SMILES string of the molecule is CCCCCCCOc1ccccc1NC(=O)O[C@H](C)CN(CC)CC. The average molecular weight is 365 g/mol. The zero-order valence-electron chi connectivity index (χ0n) is 16.9. The van der Waals surface area contributed by atoms with Gasteiger partial charge in [-0.05, 0) is 38.6 Å². The summed E-state index contributed by atoms with van der Waals surface area (Å²) in [5.74, 6) is 0.691. The van der Waals surface area contributed by atoms with Crippen LogP contribution in [0.25, 0.3) is 0 Å². The van der Waals surface area contributed by atoms with Gasteiger partial charge in [0.15, 0.2) is 0 Å². The Morgan fingerprint density at radius 2 is 1.77 bits per heavy atom. The van der Waals surface area contributed by atoms with E-state index in [4.69, 9.17) is 9.47 Å².